The molecule has 0 spiro atoms. The zero-order valence-corrected chi connectivity index (χ0v) is 14.4. The van der Waals surface area contributed by atoms with Crippen LogP contribution in [-0.4, -0.2) is 34.2 Å². The number of hydrogen-bond donors (Lipinski definition) is 1. The Kier molecular flexibility index (Phi) is 4.74. The SMILES string of the molecule is C=COC(=O)N1C2CCC1CC(c1c(Cl)cc(Cl)cc1C(=O)O)C2. The maximum atomic E-state index is 12.1. The van der Waals surface area contributed by atoms with E-state index in [1.165, 1.54) is 6.07 Å². The average Bonchev–Trinajstić information content (AvgIpc) is 2.77. The molecule has 0 aliphatic carbocycles. The van der Waals surface area contributed by atoms with E-state index in [2.05, 4.69) is 6.58 Å². The van der Waals surface area contributed by atoms with Gasteiger partial charge in [0.25, 0.3) is 0 Å². The summed E-state index contributed by atoms with van der Waals surface area (Å²) in [6.07, 6.45) is 3.81. The molecule has 1 N–H and O–H groups in total. The Hall–Kier alpha value is -1.72. The normalized spacial score (nSPS) is 25.4. The number of carbonyl (C=O) groups excluding carboxylic acids is 1. The smallest absolute Gasteiger partial charge is 0.415 e. The zero-order valence-electron chi connectivity index (χ0n) is 12.9. The number of fused-ring (bicyclic) bond motifs is 2. The lowest BCUT2D eigenvalue weighted by Gasteiger charge is -2.38. The van der Waals surface area contributed by atoms with Crippen LogP contribution < -0.4 is 0 Å². The van der Waals surface area contributed by atoms with Crippen molar-refractivity contribution in [3.8, 4) is 0 Å². The van der Waals surface area contributed by atoms with Crippen molar-refractivity contribution in [1.82, 2.24) is 4.90 Å². The van der Waals surface area contributed by atoms with Gasteiger partial charge in [0.15, 0.2) is 0 Å². The summed E-state index contributed by atoms with van der Waals surface area (Å²) in [4.78, 5) is 25.4. The number of carboxylic acids is 1. The minimum absolute atomic E-state index is 0.0221. The molecule has 3 rings (SSSR count). The summed E-state index contributed by atoms with van der Waals surface area (Å²) in [5.41, 5.74) is 0.751. The van der Waals surface area contributed by atoms with Gasteiger partial charge in [-0.15, -0.1) is 0 Å². The molecule has 2 unspecified atom stereocenters. The van der Waals surface area contributed by atoms with Crippen LogP contribution in [0.25, 0.3) is 0 Å². The molecule has 2 aliphatic heterocycles. The van der Waals surface area contributed by atoms with Crippen molar-refractivity contribution >= 4 is 35.3 Å². The van der Waals surface area contributed by atoms with E-state index < -0.39 is 12.1 Å². The van der Waals surface area contributed by atoms with Gasteiger partial charge in [-0.05, 0) is 49.3 Å². The molecule has 2 atom stereocenters. The van der Waals surface area contributed by atoms with Gasteiger partial charge < -0.3 is 14.7 Å². The Morgan fingerprint density at radius 1 is 1.25 bits per heavy atom. The van der Waals surface area contributed by atoms with Gasteiger partial charge in [-0.1, -0.05) is 29.8 Å². The average molecular weight is 370 g/mol. The molecule has 128 valence electrons. The summed E-state index contributed by atoms with van der Waals surface area (Å²) in [6, 6.07) is 3.06. The fourth-order valence-corrected chi connectivity index (χ4v) is 4.67. The summed E-state index contributed by atoms with van der Waals surface area (Å²) in [6.45, 7) is 3.41. The molecular formula is C17H17Cl2NO4. The molecule has 2 aliphatic rings. The molecule has 0 saturated carbocycles. The van der Waals surface area contributed by atoms with Crippen LogP contribution in [0.1, 0.15) is 47.5 Å². The molecule has 2 fully saturated rings. The second-order valence-corrected chi connectivity index (χ2v) is 7.01. The first kappa shape index (κ1) is 17.1. The lowest BCUT2D eigenvalue weighted by atomic mass is 9.83. The number of aromatic carboxylic acids is 1. The topological polar surface area (TPSA) is 66.8 Å². The van der Waals surface area contributed by atoms with Crippen molar-refractivity contribution in [2.75, 3.05) is 0 Å². The number of halogens is 2. The third-order valence-electron chi connectivity index (χ3n) is 4.86. The van der Waals surface area contributed by atoms with Crippen molar-refractivity contribution in [2.24, 2.45) is 0 Å². The van der Waals surface area contributed by atoms with E-state index in [0.29, 0.717) is 28.5 Å². The first-order valence-electron chi connectivity index (χ1n) is 7.74. The van der Waals surface area contributed by atoms with E-state index in [1.54, 1.807) is 11.0 Å². The highest BCUT2D eigenvalue weighted by Gasteiger charge is 2.45. The fourth-order valence-electron chi connectivity index (χ4n) is 4.02. The number of benzene rings is 1. The molecule has 1 amide bonds. The molecule has 1 aromatic rings. The van der Waals surface area contributed by atoms with E-state index >= 15 is 0 Å². The molecular weight excluding hydrogens is 353 g/mol. The van der Waals surface area contributed by atoms with Crippen LogP contribution in [0.15, 0.2) is 25.0 Å². The van der Waals surface area contributed by atoms with Crippen molar-refractivity contribution in [2.45, 2.75) is 43.7 Å². The number of carboxylic acid groups (broad SMARTS) is 1. The lowest BCUT2D eigenvalue weighted by molar-refractivity contribution is 0.0689. The Labute approximate surface area is 149 Å². The second-order valence-electron chi connectivity index (χ2n) is 6.17. The number of carbonyl (C=O) groups is 2. The predicted molar refractivity (Wildman–Crippen MR) is 90.7 cm³/mol. The number of amides is 1. The minimum atomic E-state index is -1.05. The van der Waals surface area contributed by atoms with Gasteiger partial charge in [-0.25, -0.2) is 9.59 Å². The van der Waals surface area contributed by atoms with Gasteiger partial charge in [0.1, 0.15) is 0 Å². The third kappa shape index (κ3) is 2.98. The Bertz CT molecular complexity index is 692. The van der Waals surface area contributed by atoms with E-state index in [4.69, 9.17) is 27.9 Å². The largest absolute Gasteiger partial charge is 0.478 e. The number of rotatable bonds is 3. The van der Waals surface area contributed by atoms with Crippen molar-refractivity contribution in [3.63, 3.8) is 0 Å². The van der Waals surface area contributed by atoms with Crippen LogP contribution in [-0.2, 0) is 4.74 Å². The summed E-state index contributed by atoms with van der Waals surface area (Å²) >= 11 is 12.3. The highest BCUT2D eigenvalue weighted by Crippen LogP contribution is 2.46. The van der Waals surface area contributed by atoms with Crippen molar-refractivity contribution in [1.29, 1.82) is 0 Å². The molecule has 2 heterocycles. The highest BCUT2D eigenvalue weighted by molar-refractivity contribution is 6.35. The molecule has 2 bridgehead atoms. The molecule has 5 nitrogen and oxygen atoms in total. The summed E-state index contributed by atoms with van der Waals surface area (Å²) in [7, 11) is 0. The molecule has 1 aromatic carbocycles. The summed E-state index contributed by atoms with van der Waals surface area (Å²) in [5, 5.41) is 10.2. The van der Waals surface area contributed by atoms with Gasteiger partial charge in [-0.3, -0.25) is 0 Å². The van der Waals surface area contributed by atoms with Crippen LogP contribution in [0, 0.1) is 0 Å². The molecule has 0 aromatic heterocycles. The first-order chi connectivity index (χ1) is 11.4. The summed E-state index contributed by atoms with van der Waals surface area (Å²) in [5.74, 6) is -1.07. The van der Waals surface area contributed by atoms with E-state index in [1.807, 2.05) is 0 Å². The van der Waals surface area contributed by atoms with Crippen LogP contribution in [0.3, 0.4) is 0 Å². The fraction of sp³-hybridized carbons (Fsp3) is 0.412. The molecule has 2 saturated heterocycles. The maximum absolute atomic E-state index is 12.1. The van der Waals surface area contributed by atoms with Crippen molar-refractivity contribution in [3.05, 3.63) is 46.1 Å². The van der Waals surface area contributed by atoms with Gasteiger partial charge >= 0.3 is 12.1 Å². The number of ether oxygens (including phenoxy) is 1. The molecule has 7 heteroatoms. The van der Waals surface area contributed by atoms with E-state index in [0.717, 1.165) is 19.1 Å². The zero-order chi connectivity index (χ0) is 17.4. The third-order valence-corrected chi connectivity index (χ3v) is 5.39. The number of hydrogen-bond acceptors (Lipinski definition) is 3. The van der Waals surface area contributed by atoms with Crippen LogP contribution in [0.4, 0.5) is 4.79 Å². The standard InChI is InChI=1S/C17H17Cl2NO4/c1-2-24-17(23)20-11-3-4-12(20)6-9(5-11)15-13(16(21)22)7-10(18)8-14(15)19/h2,7-9,11-12H,1,3-6H2,(H,21,22). The second kappa shape index (κ2) is 6.65. The van der Waals surface area contributed by atoms with Crippen molar-refractivity contribution < 1.29 is 19.4 Å². The minimum Gasteiger partial charge on any atom is -0.478 e. The predicted octanol–water partition coefficient (Wildman–Crippen LogP) is 4.68. The van der Waals surface area contributed by atoms with Crippen LogP contribution in [0.2, 0.25) is 10.0 Å². The van der Waals surface area contributed by atoms with Crippen LogP contribution in [0.5, 0.6) is 0 Å². The van der Waals surface area contributed by atoms with Gasteiger partial charge in [-0.2, -0.15) is 0 Å². The monoisotopic (exact) mass is 369 g/mol. The Balaban J connectivity index is 1.91. The number of nitrogens with zero attached hydrogens (tertiary/aromatic N) is 1. The lowest BCUT2D eigenvalue weighted by Crippen LogP contribution is -2.46. The van der Waals surface area contributed by atoms with E-state index in [9.17, 15) is 14.7 Å². The quantitative estimate of drug-likeness (QED) is 0.785. The van der Waals surface area contributed by atoms with Gasteiger partial charge in [0.2, 0.25) is 0 Å². The van der Waals surface area contributed by atoms with Gasteiger partial charge in [0.05, 0.1) is 11.8 Å². The Morgan fingerprint density at radius 3 is 2.42 bits per heavy atom. The number of piperidine rings is 1. The maximum Gasteiger partial charge on any atom is 0.415 e. The Morgan fingerprint density at radius 2 is 1.88 bits per heavy atom. The highest BCUT2D eigenvalue weighted by atomic mass is 35.5. The van der Waals surface area contributed by atoms with Gasteiger partial charge in [0, 0.05) is 22.1 Å². The summed E-state index contributed by atoms with van der Waals surface area (Å²) < 4.78 is 4.92. The molecule has 24 heavy (non-hydrogen) atoms. The first-order valence-corrected chi connectivity index (χ1v) is 8.50. The van der Waals surface area contributed by atoms with E-state index in [-0.39, 0.29) is 23.6 Å². The van der Waals surface area contributed by atoms with Crippen LogP contribution >= 0.6 is 23.2 Å². The molecule has 0 radical (unpaired) electrons.